The molecule has 1 rings (SSSR count). The number of aromatic nitrogens is 3. The van der Waals surface area contributed by atoms with Crippen LogP contribution in [0, 0.1) is 0 Å². The van der Waals surface area contributed by atoms with Gasteiger partial charge in [0.15, 0.2) is 0 Å². The van der Waals surface area contributed by atoms with Crippen LogP contribution >= 0.6 is 0 Å². The molecule has 0 N–H and O–H groups in total. The molecule has 0 fully saturated rings. The zero-order valence-electron chi connectivity index (χ0n) is 27.0. The van der Waals surface area contributed by atoms with E-state index in [2.05, 4.69) is 19.7 Å². The summed E-state index contributed by atoms with van der Waals surface area (Å²) in [7, 11) is 0. The second kappa shape index (κ2) is 26.3. The molecule has 0 amide bonds. The van der Waals surface area contributed by atoms with Crippen LogP contribution in [0.1, 0.15) is 154 Å². The minimum Gasteiger partial charge on any atom is -0.247 e. The zero-order valence-corrected chi connectivity index (χ0v) is 27.0. The van der Waals surface area contributed by atoms with Gasteiger partial charge in [-0.1, -0.05) is 115 Å². The van der Waals surface area contributed by atoms with Crippen LogP contribution in [0.25, 0.3) is 0 Å². The van der Waals surface area contributed by atoms with Gasteiger partial charge in [0.05, 0.1) is 0 Å². The molecule has 0 saturated heterocycles. The Kier molecular flexibility index (Phi) is 23.6. The number of nitrogens with zero attached hydrogens (tertiary/aromatic N) is 3. The number of hydrogen-bond donors (Lipinski definition) is 0. The molecule has 0 unspecified atom stereocenters. The lowest BCUT2D eigenvalue weighted by Gasteiger charge is -2.14. The van der Waals surface area contributed by atoms with E-state index >= 15 is 0 Å². The van der Waals surface area contributed by atoms with E-state index in [1.807, 2.05) is 18.2 Å². The van der Waals surface area contributed by atoms with Gasteiger partial charge in [-0.2, -0.15) is 0 Å². The first-order valence-electron chi connectivity index (χ1n) is 17.4. The lowest BCUT2D eigenvalue weighted by atomic mass is 10.1. The topological polar surface area (TPSA) is 66.0 Å². The Labute approximate surface area is 256 Å². The summed E-state index contributed by atoms with van der Waals surface area (Å²) < 4.78 is 4.01. The summed E-state index contributed by atoms with van der Waals surface area (Å²) in [6.07, 6.45) is 32.3. The fourth-order valence-corrected chi connectivity index (χ4v) is 5.58. The van der Waals surface area contributed by atoms with Crippen LogP contribution in [-0.2, 0) is 19.6 Å². The summed E-state index contributed by atoms with van der Waals surface area (Å²) in [4.78, 5) is 39.9. The van der Waals surface area contributed by atoms with Crippen LogP contribution in [0.15, 0.2) is 52.3 Å². The maximum atomic E-state index is 13.3. The van der Waals surface area contributed by atoms with E-state index in [4.69, 9.17) is 0 Å². The van der Waals surface area contributed by atoms with Crippen molar-refractivity contribution >= 4 is 0 Å². The van der Waals surface area contributed by atoms with Gasteiger partial charge in [0, 0.05) is 19.6 Å². The highest BCUT2D eigenvalue weighted by Gasteiger charge is 2.15. The Bertz CT molecular complexity index is 858. The molecular weight excluding hydrogens is 522 g/mol. The van der Waals surface area contributed by atoms with Crippen molar-refractivity contribution in [2.45, 2.75) is 174 Å². The normalized spacial score (nSPS) is 11.1. The molecule has 0 aliphatic heterocycles. The number of unbranched alkanes of at least 4 members (excludes halogenated alkanes) is 21. The molecule has 0 aliphatic rings. The van der Waals surface area contributed by atoms with Gasteiger partial charge in [0.25, 0.3) is 0 Å². The van der Waals surface area contributed by atoms with Gasteiger partial charge >= 0.3 is 17.1 Å². The first-order chi connectivity index (χ1) is 20.6. The van der Waals surface area contributed by atoms with Crippen molar-refractivity contribution in [3.63, 3.8) is 0 Å². The van der Waals surface area contributed by atoms with Crippen molar-refractivity contribution < 1.29 is 0 Å². The summed E-state index contributed by atoms with van der Waals surface area (Å²) in [5.74, 6) is 0. The van der Waals surface area contributed by atoms with Crippen molar-refractivity contribution in [1.29, 1.82) is 0 Å². The quantitative estimate of drug-likeness (QED) is 0.0668. The van der Waals surface area contributed by atoms with E-state index in [0.717, 1.165) is 77.0 Å². The molecule has 6 heteroatoms. The second-order valence-corrected chi connectivity index (χ2v) is 12.0. The predicted octanol–water partition coefficient (Wildman–Crippen LogP) is 9.09. The number of rotatable bonds is 30. The van der Waals surface area contributed by atoms with Gasteiger partial charge < -0.3 is 0 Å². The molecule has 240 valence electrons. The summed E-state index contributed by atoms with van der Waals surface area (Å²) in [5, 5.41) is 0. The molecule has 0 aliphatic carbocycles. The first-order valence-corrected chi connectivity index (χ1v) is 17.4. The van der Waals surface area contributed by atoms with Crippen molar-refractivity contribution in [1.82, 2.24) is 13.7 Å². The average molecular weight is 586 g/mol. The van der Waals surface area contributed by atoms with Crippen molar-refractivity contribution in [3.05, 3.63) is 69.4 Å². The third kappa shape index (κ3) is 16.9. The summed E-state index contributed by atoms with van der Waals surface area (Å²) in [6.45, 7) is 12.5. The van der Waals surface area contributed by atoms with Crippen LogP contribution in [0.3, 0.4) is 0 Å². The van der Waals surface area contributed by atoms with E-state index in [9.17, 15) is 14.4 Å². The largest absolute Gasteiger partial charge is 0.336 e. The lowest BCUT2D eigenvalue weighted by molar-refractivity contribution is 0.410. The zero-order chi connectivity index (χ0) is 30.7. The molecule has 0 radical (unpaired) electrons. The summed E-state index contributed by atoms with van der Waals surface area (Å²) in [5.41, 5.74) is -1.26. The minimum atomic E-state index is -0.422. The van der Waals surface area contributed by atoms with Crippen LogP contribution < -0.4 is 17.1 Å². The fraction of sp³-hybridized carbons (Fsp3) is 0.750. The van der Waals surface area contributed by atoms with Gasteiger partial charge in [-0.05, 0) is 57.8 Å². The Morgan fingerprint density at radius 2 is 0.524 bits per heavy atom. The monoisotopic (exact) mass is 585 g/mol. The van der Waals surface area contributed by atoms with Gasteiger partial charge in [-0.15, -0.1) is 19.7 Å². The smallest absolute Gasteiger partial charge is 0.247 e. The van der Waals surface area contributed by atoms with E-state index in [1.54, 1.807) is 0 Å². The molecule has 42 heavy (non-hydrogen) atoms. The van der Waals surface area contributed by atoms with Gasteiger partial charge in [-0.25, -0.2) is 28.1 Å². The number of hydrogen-bond acceptors (Lipinski definition) is 3. The maximum absolute atomic E-state index is 13.3. The molecule has 0 aromatic carbocycles. The first kappa shape index (κ1) is 37.7. The minimum absolute atomic E-state index is 0.393. The number of allylic oxidation sites excluding steroid dienone is 3. The molecule has 1 aromatic rings. The molecular formula is C36H63N3O3. The van der Waals surface area contributed by atoms with Crippen LogP contribution in [0.4, 0.5) is 0 Å². The lowest BCUT2D eigenvalue weighted by Crippen LogP contribution is -2.54. The molecule has 1 heterocycles. The van der Waals surface area contributed by atoms with Crippen LogP contribution in [-0.4, -0.2) is 13.7 Å². The molecule has 0 atom stereocenters. The highest BCUT2D eigenvalue weighted by atomic mass is 16.2. The Hall–Kier alpha value is -2.37. The van der Waals surface area contributed by atoms with Crippen molar-refractivity contribution in [2.75, 3.05) is 0 Å². The third-order valence-corrected chi connectivity index (χ3v) is 8.26. The van der Waals surface area contributed by atoms with E-state index in [0.29, 0.717) is 19.6 Å². The standard InChI is InChI=1S/C36H63N3O3/c1-4-7-10-13-16-19-22-25-28-31-37-34(40)38(32-29-26-23-20-17-14-11-8-5-2)36(42)39(35(37)41)33-30-27-24-21-18-15-12-9-6-3/h4-6H,1-3,7-33H2. The van der Waals surface area contributed by atoms with Crippen LogP contribution in [0.5, 0.6) is 0 Å². The fourth-order valence-electron chi connectivity index (χ4n) is 5.58. The Morgan fingerprint density at radius 3 is 0.738 bits per heavy atom. The van der Waals surface area contributed by atoms with E-state index in [1.165, 1.54) is 90.8 Å². The highest BCUT2D eigenvalue weighted by molar-refractivity contribution is 4.80. The Balaban J connectivity index is 2.71. The molecule has 0 spiro atoms. The SMILES string of the molecule is C=CCCCCCCCCCn1c(=O)n(CCCCCCCCCC=C)c(=O)n(CCCCCCCCCC=C)c1=O. The van der Waals surface area contributed by atoms with Gasteiger partial charge in [0.1, 0.15) is 0 Å². The summed E-state index contributed by atoms with van der Waals surface area (Å²) >= 11 is 0. The van der Waals surface area contributed by atoms with Crippen LogP contribution in [0.2, 0.25) is 0 Å². The second-order valence-electron chi connectivity index (χ2n) is 12.0. The van der Waals surface area contributed by atoms with Crippen molar-refractivity contribution in [2.24, 2.45) is 0 Å². The van der Waals surface area contributed by atoms with E-state index in [-0.39, 0.29) is 0 Å². The summed E-state index contributed by atoms with van der Waals surface area (Å²) in [6, 6.07) is 0. The van der Waals surface area contributed by atoms with Crippen molar-refractivity contribution in [3.8, 4) is 0 Å². The average Bonchev–Trinajstić information content (AvgIpc) is 2.99. The van der Waals surface area contributed by atoms with E-state index < -0.39 is 17.1 Å². The maximum Gasteiger partial charge on any atom is 0.336 e. The molecule has 1 aromatic heterocycles. The molecule has 0 saturated carbocycles. The molecule has 0 bridgehead atoms. The predicted molar refractivity (Wildman–Crippen MR) is 181 cm³/mol. The van der Waals surface area contributed by atoms with Gasteiger partial charge in [0.2, 0.25) is 0 Å². The highest BCUT2D eigenvalue weighted by Crippen LogP contribution is 2.11. The molecule has 6 nitrogen and oxygen atoms in total. The Morgan fingerprint density at radius 1 is 0.333 bits per heavy atom. The third-order valence-electron chi connectivity index (χ3n) is 8.26. The van der Waals surface area contributed by atoms with Gasteiger partial charge in [-0.3, -0.25) is 0 Å².